The fourth-order valence-electron chi connectivity index (χ4n) is 2.56. The van der Waals surface area contributed by atoms with E-state index in [9.17, 15) is 18.0 Å². The molecule has 0 aliphatic rings. The highest BCUT2D eigenvalue weighted by Gasteiger charge is 2.22. The normalized spacial score (nSPS) is 10.8. The van der Waals surface area contributed by atoms with Gasteiger partial charge in [0, 0.05) is 6.07 Å². The van der Waals surface area contributed by atoms with Crippen LogP contribution in [0.4, 0.5) is 5.69 Å². The lowest BCUT2D eigenvalue weighted by atomic mass is 10.1. The van der Waals surface area contributed by atoms with Crippen molar-refractivity contribution in [1.29, 1.82) is 0 Å². The highest BCUT2D eigenvalue weighted by atomic mass is 32.2. The number of hydrogen-bond acceptors (Lipinski definition) is 8. The van der Waals surface area contributed by atoms with Crippen LogP contribution in [-0.2, 0) is 19.5 Å². The number of esters is 2. The fourth-order valence-corrected chi connectivity index (χ4v) is 3.65. The summed E-state index contributed by atoms with van der Waals surface area (Å²) in [5.74, 6) is -0.794. The van der Waals surface area contributed by atoms with Gasteiger partial charge >= 0.3 is 11.9 Å². The van der Waals surface area contributed by atoms with Crippen molar-refractivity contribution in [2.75, 3.05) is 32.2 Å². The molecule has 2 aromatic carbocycles. The predicted molar refractivity (Wildman–Crippen MR) is 109 cm³/mol. The minimum atomic E-state index is -4.14. The Labute approximate surface area is 174 Å². The summed E-state index contributed by atoms with van der Waals surface area (Å²) in [4.78, 5) is 23.8. The third-order valence-electron chi connectivity index (χ3n) is 3.92. The van der Waals surface area contributed by atoms with Crippen molar-refractivity contribution in [2.24, 2.45) is 0 Å². The SMILES string of the molecule is CCOc1ccc(S(=O)(=O)Nc2cc(C(=O)OC)ccc2C(=O)OC)cc1OCC. The van der Waals surface area contributed by atoms with E-state index in [1.807, 2.05) is 0 Å². The first-order valence-corrected chi connectivity index (χ1v) is 10.5. The summed E-state index contributed by atoms with van der Waals surface area (Å²) in [6, 6.07) is 7.96. The number of anilines is 1. The Bertz CT molecular complexity index is 1030. The standard InChI is InChI=1S/C20H23NO8S/c1-5-28-17-10-8-14(12-18(17)29-6-2)30(24,25)21-16-11-13(19(22)26-3)7-9-15(16)20(23)27-4/h7-12,21H,5-6H2,1-4H3. The maximum absolute atomic E-state index is 13.0. The van der Waals surface area contributed by atoms with E-state index >= 15 is 0 Å². The third-order valence-corrected chi connectivity index (χ3v) is 5.28. The molecule has 0 unspecified atom stereocenters. The van der Waals surface area contributed by atoms with Crippen LogP contribution in [0, 0.1) is 0 Å². The maximum Gasteiger partial charge on any atom is 0.339 e. The molecule has 9 nitrogen and oxygen atoms in total. The third kappa shape index (κ3) is 5.20. The second kappa shape index (κ2) is 9.97. The van der Waals surface area contributed by atoms with Crippen molar-refractivity contribution in [3.63, 3.8) is 0 Å². The molecule has 0 spiro atoms. The molecule has 0 aliphatic heterocycles. The molecular formula is C20H23NO8S. The lowest BCUT2D eigenvalue weighted by Gasteiger charge is -2.15. The summed E-state index contributed by atoms with van der Waals surface area (Å²) in [7, 11) is -1.79. The van der Waals surface area contributed by atoms with Gasteiger partial charge in [0.15, 0.2) is 11.5 Å². The summed E-state index contributed by atoms with van der Waals surface area (Å²) < 4.78 is 48.5. The number of hydrogen-bond donors (Lipinski definition) is 1. The number of carbonyl (C=O) groups excluding carboxylic acids is 2. The van der Waals surface area contributed by atoms with Gasteiger partial charge in [-0.15, -0.1) is 0 Å². The zero-order valence-corrected chi connectivity index (χ0v) is 17.9. The molecule has 2 rings (SSSR count). The van der Waals surface area contributed by atoms with Crippen LogP contribution in [0.25, 0.3) is 0 Å². The van der Waals surface area contributed by atoms with Crippen LogP contribution in [0.5, 0.6) is 11.5 Å². The minimum Gasteiger partial charge on any atom is -0.490 e. The number of benzene rings is 2. The number of nitrogens with one attached hydrogen (secondary N) is 1. The van der Waals surface area contributed by atoms with Crippen molar-refractivity contribution in [1.82, 2.24) is 0 Å². The number of ether oxygens (including phenoxy) is 4. The van der Waals surface area contributed by atoms with Crippen LogP contribution in [0.15, 0.2) is 41.3 Å². The van der Waals surface area contributed by atoms with Gasteiger partial charge in [-0.1, -0.05) is 0 Å². The molecule has 0 saturated heterocycles. The first kappa shape index (κ1) is 23.0. The Morgan fingerprint density at radius 1 is 0.867 bits per heavy atom. The zero-order valence-electron chi connectivity index (χ0n) is 17.1. The van der Waals surface area contributed by atoms with Crippen molar-refractivity contribution in [3.8, 4) is 11.5 Å². The monoisotopic (exact) mass is 437 g/mol. The Hall–Kier alpha value is -3.27. The fraction of sp³-hybridized carbons (Fsp3) is 0.300. The summed E-state index contributed by atoms with van der Waals surface area (Å²) in [6.45, 7) is 4.25. The Morgan fingerprint density at radius 3 is 2.10 bits per heavy atom. The average Bonchev–Trinajstić information content (AvgIpc) is 2.73. The molecule has 0 saturated carbocycles. The number of sulfonamides is 1. The van der Waals surface area contributed by atoms with Crippen LogP contribution in [0.2, 0.25) is 0 Å². The van der Waals surface area contributed by atoms with E-state index in [-0.39, 0.29) is 27.5 Å². The van der Waals surface area contributed by atoms with E-state index in [4.69, 9.17) is 14.2 Å². The zero-order chi connectivity index (χ0) is 22.3. The van der Waals surface area contributed by atoms with Gasteiger partial charge in [0.05, 0.1) is 49.1 Å². The van der Waals surface area contributed by atoms with Crippen LogP contribution >= 0.6 is 0 Å². The molecule has 0 bridgehead atoms. The van der Waals surface area contributed by atoms with Gasteiger partial charge in [-0.25, -0.2) is 18.0 Å². The van der Waals surface area contributed by atoms with E-state index in [1.54, 1.807) is 13.8 Å². The minimum absolute atomic E-state index is 0.0598. The van der Waals surface area contributed by atoms with Gasteiger partial charge in [-0.2, -0.15) is 0 Å². The van der Waals surface area contributed by atoms with Gasteiger partial charge in [0.2, 0.25) is 0 Å². The summed E-state index contributed by atoms with van der Waals surface area (Å²) in [5.41, 5.74) is -0.133. The number of carbonyl (C=O) groups is 2. The van der Waals surface area contributed by atoms with Crippen molar-refractivity contribution in [2.45, 2.75) is 18.7 Å². The highest BCUT2D eigenvalue weighted by Crippen LogP contribution is 2.31. The van der Waals surface area contributed by atoms with Crippen LogP contribution in [-0.4, -0.2) is 47.8 Å². The van der Waals surface area contributed by atoms with Crippen LogP contribution in [0.3, 0.4) is 0 Å². The van der Waals surface area contributed by atoms with Crippen LogP contribution < -0.4 is 14.2 Å². The molecule has 0 atom stereocenters. The lowest BCUT2D eigenvalue weighted by molar-refractivity contribution is 0.0587. The van der Waals surface area contributed by atoms with Gasteiger partial charge in [0.25, 0.3) is 10.0 Å². The van der Waals surface area contributed by atoms with E-state index in [2.05, 4.69) is 9.46 Å². The van der Waals surface area contributed by atoms with Crippen molar-refractivity contribution < 1.29 is 37.0 Å². The average molecular weight is 437 g/mol. The predicted octanol–water partition coefficient (Wildman–Crippen LogP) is 2.86. The summed E-state index contributed by atoms with van der Waals surface area (Å²) >= 11 is 0. The number of methoxy groups -OCH3 is 2. The largest absolute Gasteiger partial charge is 0.490 e. The molecule has 0 heterocycles. The summed E-state index contributed by atoms with van der Waals surface area (Å²) in [5, 5.41) is 0. The lowest BCUT2D eigenvalue weighted by Crippen LogP contribution is -2.17. The van der Waals surface area contributed by atoms with E-state index in [1.165, 1.54) is 43.5 Å². The molecule has 30 heavy (non-hydrogen) atoms. The van der Waals surface area contributed by atoms with Gasteiger partial charge in [-0.05, 0) is 44.2 Å². The van der Waals surface area contributed by atoms with Crippen molar-refractivity contribution in [3.05, 3.63) is 47.5 Å². The first-order chi connectivity index (χ1) is 14.3. The van der Waals surface area contributed by atoms with Gasteiger partial charge in [-0.3, -0.25) is 4.72 Å². The molecule has 162 valence electrons. The quantitative estimate of drug-likeness (QED) is 0.595. The van der Waals surface area contributed by atoms with Crippen molar-refractivity contribution >= 4 is 27.6 Å². The highest BCUT2D eigenvalue weighted by molar-refractivity contribution is 7.92. The van der Waals surface area contributed by atoms with E-state index in [0.29, 0.717) is 19.0 Å². The second-order valence-electron chi connectivity index (χ2n) is 5.82. The van der Waals surface area contributed by atoms with Gasteiger partial charge in [0.1, 0.15) is 0 Å². The topological polar surface area (TPSA) is 117 Å². The molecule has 1 N–H and O–H groups in total. The number of rotatable bonds is 9. The van der Waals surface area contributed by atoms with Gasteiger partial charge < -0.3 is 18.9 Å². The molecule has 2 aromatic rings. The van der Waals surface area contributed by atoms with Crippen LogP contribution in [0.1, 0.15) is 34.6 Å². The maximum atomic E-state index is 13.0. The molecule has 0 fully saturated rings. The molecule has 0 amide bonds. The smallest absolute Gasteiger partial charge is 0.339 e. The second-order valence-corrected chi connectivity index (χ2v) is 7.51. The Morgan fingerprint density at radius 2 is 1.50 bits per heavy atom. The molecule has 10 heteroatoms. The molecule has 0 aromatic heterocycles. The van der Waals surface area contributed by atoms with E-state index in [0.717, 1.165) is 7.11 Å². The molecular weight excluding hydrogens is 414 g/mol. The Kier molecular flexibility index (Phi) is 7.65. The summed E-state index contributed by atoms with van der Waals surface area (Å²) in [6.07, 6.45) is 0. The molecule has 0 radical (unpaired) electrons. The first-order valence-electron chi connectivity index (χ1n) is 9.00. The molecule has 0 aliphatic carbocycles. The van der Waals surface area contributed by atoms with E-state index < -0.39 is 22.0 Å². The Balaban J connectivity index is 2.50.